The maximum Gasteiger partial charge on any atom is 0.254 e. The minimum absolute atomic E-state index is 0.142. The lowest BCUT2D eigenvalue weighted by Crippen LogP contribution is -2.27. The number of carbonyl (C=O) groups is 2. The summed E-state index contributed by atoms with van der Waals surface area (Å²) in [6.07, 6.45) is 0.994. The summed E-state index contributed by atoms with van der Waals surface area (Å²) < 4.78 is 0. The first-order chi connectivity index (χ1) is 15.3. The Balaban J connectivity index is 1.74. The van der Waals surface area contributed by atoms with Crippen LogP contribution >= 0.6 is 0 Å². The van der Waals surface area contributed by atoms with Crippen LogP contribution in [0.1, 0.15) is 29.5 Å². The first-order valence-corrected chi connectivity index (χ1v) is 10.6. The Bertz CT molecular complexity index is 1080. The fraction of sp³-hybridized carbons (Fsp3) is 0.333. The number of amides is 2. The van der Waals surface area contributed by atoms with E-state index < -0.39 is 0 Å². The van der Waals surface area contributed by atoms with Crippen LogP contribution in [0.5, 0.6) is 0 Å². The topological polar surface area (TPSA) is 90.5 Å². The molecule has 32 heavy (non-hydrogen) atoms. The zero-order valence-electron chi connectivity index (χ0n) is 19.1. The third-order valence-electron chi connectivity index (χ3n) is 4.90. The molecule has 8 heteroatoms. The van der Waals surface area contributed by atoms with E-state index in [-0.39, 0.29) is 18.4 Å². The summed E-state index contributed by atoms with van der Waals surface area (Å²) in [6.45, 7) is 3.51. The highest BCUT2D eigenvalue weighted by Crippen LogP contribution is 2.21. The average Bonchev–Trinajstić information content (AvgIpc) is 2.76. The Hall–Kier alpha value is -3.52. The first kappa shape index (κ1) is 23.1. The molecule has 2 amide bonds. The van der Waals surface area contributed by atoms with Gasteiger partial charge in [-0.3, -0.25) is 9.59 Å². The molecule has 0 saturated heterocycles. The number of benzene rings is 2. The summed E-state index contributed by atoms with van der Waals surface area (Å²) in [7, 11) is 5.84. The van der Waals surface area contributed by atoms with E-state index in [4.69, 9.17) is 4.98 Å². The van der Waals surface area contributed by atoms with Crippen LogP contribution in [0, 0.1) is 0 Å². The van der Waals surface area contributed by atoms with E-state index in [0.717, 1.165) is 36.2 Å². The van der Waals surface area contributed by atoms with Crippen molar-refractivity contribution in [2.24, 2.45) is 0 Å². The summed E-state index contributed by atoms with van der Waals surface area (Å²) in [6, 6.07) is 14.7. The van der Waals surface area contributed by atoms with Crippen LogP contribution < -0.4 is 10.6 Å². The second-order valence-corrected chi connectivity index (χ2v) is 8.01. The summed E-state index contributed by atoms with van der Waals surface area (Å²) in [5.74, 6) is 1.06. The Kier molecular flexibility index (Phi) is 7.72. The molecule has 0 atom stereocenters. The standard InChI is InChI=1S/C24H30N6O2/c1-17(31)26-19-12-10-18(11-13-19)24(32)30(4)16-22-27-21-9-6-5-8-20(21)23(28-22)25-14-7-15-29(2)3/h5-6,8-13H,7,14-16H2,1-4H3,(H,26,31)(H,25,27,28). The van der Waals surface area contributed by atoms with E-state index in [0.29, 0.717) is 17.1 Å². The lowest BCUT2D eigenvalue weighted by molar-refractivity contribution is -0.114. The van der Waals surface area contributed by atoms with Crippen LogP contribution in [-0.2, 0) is 11.3 Å². The van der Waals surface area contributed by atoms with Gasteiger partial charge in [-0.25, -0.2) is 9.97 Å². The van der Waals surface area contributed by atoms with Gasteiger partial charge >= 0.3 is 0 Å². The monoisotopic (exact) mass is 434 g/mol. The molecule has 1 aromatic heterocycles. The molecule has 2 N–H and O–H groups in total. The van der Waals surface area contributed by atoms with Crippen molar-refractivity contribution in [2.75, 3.05) is 44.9 Å². The van der Waals surface area contributed by atoms with Crippen molar-refractivity contribution in [3.63, 3.8) is 0 Å². The van der Waals surface area contributed by atoms with Crippen molar-refractivity contribution in [1.29, 1.82) is 0 Å². The van der Waals surface area contributed by atoms with E-state index in [1.807, 2.05) is 24.3 Å². The highest BCUT2D eigenvalue weighted by Gasteiger charge is 2.15. The zero-order valence-corrected chi connectivity index (χ0v) is 19.1. The maximum atomic E-state index is 12.9. The average molecular weight is 435 g/mol. The Morgan fingerprint density at radius 1 is 0.969 bits per heavy atom. The van der Waals surface area contributed by atoms with Crippen molar-refractivity contribution in [2.45, 2.75) is 19.9 Å². The van der Waals surface area contributed by atoms with Crippen LogP contribution in [-0.4, -0.2) is 65.8 Å². The molecular weight excluding hydrogens is 404 g/mol. The van der Waals surface area contributed by atoms with Gasteiger partial charge in [0.1, 0.15) is 5.82 Å². The summed E-state index contributed by atoms with van der Waals surface area (Å²) in [5, 5.41) is 7.08. The van der Waals surface area contributed by atoms with Gasteiger partial charge in [-0.2, -0.15) is 0 Å². The Morgan fingerprint density at radius 3 is 2.38 bits per heavy atom. The Morgan fingerprint density at radius 2 is 1.69 bits per heavy atom. The second kappa shape index (κ2) is 10.7. The number of hydrogen-bond acceptors (Lipinski definition) is 6. The molecule has 168 valence electrons. The number of nitrogens with one attached hydrogen (secondary N) is 2. The molecule has 0 radical (unpaired) electrons. The third kappa shape index (κ3) is 6.24. The molecule has 3 aromatic rings. The maximum absolute atomic E-state index is 12.9. The van der Waals surface area contributed by atoms with Crippen molar-refractivity contribution in [3.05, 3.63) is 59.9 Å². The quantitative estimate of drug-likeness (QED) is 0.503. The van der Waals surface area contributed by atoms with Crippen molar-refractivity contribution in [1.82, 2.24) is 19.8 Å². The summed E-state index contributed by atoms with van der Waals surface area (Å²) in [4.78, 5) is 37.1. The number of hydrogen-bond donors (Lipinski definition) is 2. The van der Waals surface area contributed by atoms with Gasteiger partial charge in [0.25, 0.3) is 5.91 Å². The van der Waals surface area contributed by atoms with E-state index in [1.165, 1.54) is 6.92 Å². The molecule has 0 aliphatic rings. The van der Waals surface area contributed by atoms with Gasteiger partial charge in [-0.1, -0.05) is 12.1 Å². The van der Waals surface area contributed by atoms with Crippen molar-refractivity contribution < 1.29 is 9.59 Å². The fourth-order valence-electron chi connectivity index (χ4n) is 3.34. The van der Waals surface area contributed by atoms with Crippen molar-refractivity contribution >= 4 is 34.2 Å². The molecule has 2 aromatic carbocycles. The molecule has 1 heterocycles. The molecule has 0 aliphatic carbocycles. The van der Waals surface area contributed by atoms with Crippen molar-refractivity contribution in [3.8, 4) is 0 Å². The lowest BCUT2D eigenvalue weighted by atomic mass is 10.2. The molecule has 0 saturated carbocycles. The van der Waals surface area contributed by atoms with Crippen LogP contribution in [0.25, 0.3) is 10.9 Å². The molecule has 8 nitrogen and oxygen atoms in total. The summed E-state index contributed by atoms with van der Waals surface area (Å²) >= 11 is 0. The lowest BCUT2D eigenvalue weighted by Gasteiger charge is -2.18. The van der Waals surface area contributed by atoms with Crippen LogP contribution in [0.2, 0.25) is 0 Å². The van der Waals surface area contributed by atoms with Gasteiger partial charge in [0.15, 0.2) is 5.82 Å². The predicted molar refractivity (Wildman–Crippen MR) is 128 cm³/mol. The number of para-hydroxylation sites is 1. The predicted octanol–water partition coefficient (Wildman–Crippen LogP) is 3.22. The molecule has 0 aliphatic heterocycles. The largest absolute Gasteiger partial charge is 0.369 e. The molecule has 3 rings (SSSR count). The highest BCUT2D eigenvalue weighted by molar-refractivity contribution is 5.95. The SMILES string of the molecule is CC(=O)Nc1ccc(C(=O)N(C)Cc2nc(NCCCN(C)C)c3ccccc3n2)cc1. The minimum Gasteiger partial charge on any atom is -0.369 e. The normalized spacial score (nSPS) is 10.9. The third-order valence-corrected chi connectivity index (χ3v) is 4.90. The number of aromatic nitrogens is 2. The Labute approximate surface area is 188 Å². The number of rotatable bonds is 9. The first-order valence-electron chi connectivity index (χ1n) is 10.6. The van der Waals surface area contributed by atoms with Gasteiger partial charge in [-0.15, -0.1) is 0 Å². The van der Waals surface area contributed by atoms with E-state index >= 15 is 0 Å². The minimum atomic E-state index is -0.152. The summed E-state index contributed by atoms with van der Waals surface area (Å²) in [5.41, 5.74) is 2.03. The van der Waals surface area contributed by atoms with Gasteiger partial charge in [-0.05, 0) is 63.5 Å². The second-order valence-electron chi connectivity index (χ2n) is 8.01. The van der Waals surface area contributed by atoms with Crippen LogP contribution in [0.3, 0.4) is 0 Å². The van der Waals surface area contributed by atoms with Gasteiger partial charge < -0.3 is 20.4 Å². The smallest absolute Gasteiger partial charge is 0.254 e. The van der Waals surface area contributed by atoms with Gasteiger partial charge in [0, 0.05) is 37.2 Å². The molecule has 0 fully saturated rings. The highest BCUT2D eigenvalue weighted by atomic mass is 16.2. The zero-order chi connectivity index (χ0) is 23.1. The number of nitrogens with zero attached hydrogens (tertiary/aromatic N) is 4. The molecule has 0 spiro atoms. The van der Waals surface area contributed by atoms with Crippen LogP contribution in [0.4, 0.5) is 11.5 Å². The van der Waals surface area contributed by atoms with E-state index in [9.17, 15) is 9.59 Å². The number of fused-ring (bicyclic) bond motifs is 1. The fourth-order valence-corrected chi connectivity index (χ4v) is 3.34. The van der Waals surface area contributed by atoms with Gasteiger partial charge in [0.2, 0.25) is 5.91 Å². The number of carbonyl (C=O) groups excluding carboxylic acids is 2. The van der Waals surface area contributed by atoms with Gasteiger partial charge in [0.05, 0.1) is 12.1 Å². The number of anilines is 2. The molecular formula is C24H30N6O2. The van der Waals surface area contributed by atoms with Crippen LogP contribution in [0.15, 0.2) is 48.5 Å². The molecule has 0 bridgehead atoms. The van der Waals surface area contributed by atoms with E-state index in [2.05, 4.69) is 34.6 Å². The molecule has 0 unspecified atom stereocenters. The van der Waals surface area contributed by atoms with E-state index in [1.54, 1.807) is 36.2 Å².